The molecule has 0 aromatic heterocycles. The molecule has 0 heterocycles. The van der Waals surface area contributed by atoms with Crippen molar-refractivity contribution in [1.82, 2.24) is 0 Å². The minimum Gasteiger partial charge on any atom is -0.468 e. The van der Waals surface area contributed by atoms with E-state index in [-0.39, 0.29) is 12.2 Å². The second kappa shape index (κ2) is 9.59. The van der Waals surface area contributed by atoms with Crippen molar-refractivity contribution in [2.45, 2.75) is 39.0 Å². The number of allylic oxidation sites excluding steroid dienone is 2. The van der Waals surface area contributed by atoms with Gasteiger partial charge < -0.3 is 4.74 Å². The molecule has 0 rings (SSSR count). The van der Waals surface area contributed by atoms with Crippen LogP contribution in [0.5, 0.6) is 0 Å². The summed E-state index contributed by atoms with van der Waals surface area (Å²) in [7, 11) is 1.23. The fraction of sp³-hybridized carbons (Fsp3) is 0.615. The Morgan fingerprint density at radius 2 is 2.12 bits per heavy atom. The second-order valence-corrected chi connectivity index (χ2v) is 3.68. The summed E-state index contributed by atoms with van der Waals surface area (Å²) in [6.45, 7) is 2.04. The number of esters is 1. The summed E-state index contributed by atoms with van der Waals surface area (Å²) in [6.07, 6.45) is 6.77. The van der Waals surface area contributed by atoms with Crippen LogP contribution in [-0.2, 0) is 14.3 Å². The predicted molar refractivity (Wildman–Crippen MR) is 64.0 cm³/mol. The zero-order valence-corrected chi connectivity index (χ0v) is 10.4. The first-order valence-electron chi connectivity index (χ1n) is 5.79. The van der Waals surface area contributed by atoms with Gasteiger partial charge in [-0.05, 0) is 19.3 Å². The van der Waals surface area contributed by atoms with Crippen molar-refractivity contribution < 1.29 is 14.3 Å². The number of ether oxygens (including phenoxy) is 1. The number of rotatable bonds is 8. The fourth-order valence-corrected chi connectivity index (χ4v) is 1.42. The van der Waals surface area contributed by atoms with Crippen LogP contribution >= 0.6 is 0 Å². The molecule has 0 saturated heterocycles. The minimum absolute atomic E-state index is 0.101. The Bertz CT molecular complexity index is 315. The van der Waals surface area contributed by atoms with Crippen molar-refractivity contribution >= 4 is 11.8 Å². The number of nitriles is 1. The van der Waals surface area contributed by atoms with E-state index < -0.39 is 11.9 Å². The van der Waals surface area contributed by atoms with Gasteiger partial charge in [-0.25, -0.2) is 0 Å². The van der Waals surface area contributed by atoms with Crippen LogP contribution in [0, 0.1) is 17.2 Å². The van der Waals surface area contributed by atoms with Gasteiger partial charge in [0.2, 0.25) is 0 Å². The number of methoxy groups -OCH3 is 1. The summed E-state index contributed by atoms with van der Waals surface area (Å²) in [5.41, 5.74) is 0. The van der Waals surface area contributed by atoms with Crippen LogP contribution in [0.3, 0.4) is 0 Å². The molecule has 0 aromatic rings. The van der Waals surface area contributed by atoms with Crippen molar-refractivity contribution in [2.75, 3.05) is 7.11 Å². The highest BCUT2D eigenvalue weighted by Crippen LogP contribution is 2.11. The molecular weight excluding hydrogens is 218 g/mol. The third-order valence-corrected chi connectivity index (χ3v) is 2.37. The van der Waals surface area contributed by atoms with Crippen LogP contribution in [0.2, 0.25) is 0 Å². The third-order valence-electron chi connectivity index (χ3n) is 2.37. The molecule has 0 N–H and O–H groups in total. The van der Waals surface area contributed by atoms with E-state index >= 15 is 0 Å². The normalized spacial score (nSPS) is 12.1. The number of ketones is 1. The van der Waals surface area contributed by atoms with Crippen LogP contribution in [0.25, 0.3) is 0 Å². The molecule has 0 radical (unpaired) electrons. The van der Waals surface area contributed by atoms with Crippen molar-refractivity contribution in [2.24, 2.45) is 5.92 Å². The van der Waals surface area contributed by atoms with E-state index in [0.717, 1.165) is 12.8 Å². The lowest BCUT2D eigenvalue weighted by molar-refractivity contribution is -0.149. The first kappa shape index (κ1) is 15.4. The highest BCUT2D eigenvalue weighted by Gasteiger charge is 2.26. The summed E-state index contributed by atoms with van der Waals surface area (Å²) >= 11 is 0. The molecule has 0 spiro atoms. The molecule has 0 aromatic carbocycles. The van der Waals surface area contributed by atoms with Gasteiger partial charge in [-0.3, -0.25) is 9.59 Å². The minimum atomic E-state index is -0.917. The molecule has 0 aliphatic rings. The Hall–Kier alpha value is -1.63. The average Bonchev–Trinajstić information content (AvgIpc) is 2.34. The van der Waals surface area contributed by atoms with Gasteiger partial charge in [-0.15, -0.1) is 0 Å². The number of carbonyl (C=O) groups excluding carboxylic acids is 2. The van der Waals surface area contributed by atoms with Gasteiger partial charge in [0.05, 0.1) is 19.6 Å². The van der Waals surface area contributed by atoms with E-state index in [1.807, 2.05) is 25.1 Å². The maximum absolute atomic E-state index is 11.7. The van der Waals surface area contributed by atoms with E-state index in [4.69, 9.17) is 5.26 Å². The topological polar surface area (TPSA) is 67.2 Å². The van der Waals surface area contributed by atoms with Gasteiger partial charge in [0, 0.05) is 6.42 Å². The quantitative estimate of drug-likeness (QED) is 0.281. The lowest BCUT2D eigenvalue weighted by atomic mass is 9.97. The van der Waals surface area contributed by atoms with Gasteiger partial charge in [0.15, 0.2) is 0 Å². The molecule has 0 aliphatic carbocycles. The van der Waals surface area contributed by atoms with Crippen molar-refractivity contribution in [3.05, 3.63) is 12.2 Å². The van der Waals surface area contributed by atoms with Crippen LogP contribution < -0.4 is 0 Å². The number of carbonyl (C=O) groups is 2. The van der Waals surface area contributed by atoms with E-state index in [2.05, 4.69) is 4.74 Å². The predicted octanol–water partition coefficient (Wildman–Crippen LogP) is 2.39. The molecule has 0 bridgehead atoms. The van der Waals surface area contributed by atoms with Crippen LogP contribution in [-0.4, -0.2) is 18.9 Å². The van der Waals surface area contributed by atoms with E-state index in [0.29, 0.717) is 12.8 Å². The lowest BCUT2D eigenvalue weighted by Crippen LogP contribution is -2.24. The molecule has 94 valence electrons. The molecule has 0 amide bonds. The van der Waals surface area contributed by atoms with Crippen LogP contribution in [0.15, 0.2) is 12.2 Å². The van der Waals surface area contributed by atoms with Gasteiger partial charge in [-0.1, -0.05) is 19.1 Å². The van der Waals surface area contributed by atoms with Crippen molar-refractivity contribution in [1.29, 1.82) is 5.26 Å². The highest BCUT2D eigenvalue weighted by molar-refractivity contribution is 5.99. The molecule has 4 nitrogen and oxygen atoms in total. The van der Waals surface area contributed by atoms with Gasteiger partial charge in [0.1, 0.15) is 11.7 Å². The summed E-state index contributed by atoms with van der Waals surface area (Å²) in [4.78, 5) is 23.0. The summed E-state index contributed by atoms with van der Waals surface area (Å²) in [5, 5.41) is 8.55. The van der Waals surface area contributed by atoms with Gasteiger partial charge >= 0.3 is 5.97 Å². The standard InChI is InChI=1S/C13H19NO3/c1-3-4-5-6-7-8-12(15)11(9-10-14)13(16)17-2/h4-5,11H,3,6-9H2,1-2H3/b5-4-. The summed E-state index contributed by atoms with van der Waals surface area (Å²) in [6, 6.07) is 1.84. The van der Waals surface area contributed by atoms with Crippen molar-refractivity contribution in [3.8, 4) is 6.07 Å². The molecule has 4 heteroatoms. The Balaban J connectivity index is 4.11. The average molecular weight is 237 g/mol. The number of unbranched alkanes of at least 4 members (excludes halogenated alkanes) is 1. The zero-order chi connectivity index (χ0) is 13.1. The third kappa shape index (κ3) is 6.52. The highest BCUT2D eigenvalue weighted by atomic mass is 16.5. The molecule has 1 atom stereocenters. The van der Waals surface area contributed by atoms with Crippen LogP contribution in [0.4, 0.5) is 0 Å². The van der Waals surface area contributed by atoms with Crippen molar-refractivity contribution in [3.63, 3.8) is 0 Å². The first-order chi connectivity index (χ1) is 8.17. The molecule has 0 aliphatic heterocycles. The van der Waals surface area contributed by atoms with E-state index in [9.17, 15) is 9.59 Å². The van der Waals surface area contributed by atoms with Gasteiger partial charge in [0.25, 0.3) is 0 Å². The number of hydrogen-bond donors (Lipinski definition) is 0. The van der Waals surface area contributed by atoms with E-state index in [1.165, 1.54) is 7.11 Å². The fourth-order valence-electron chi connectivity index (χ4n) is 1.42. The first-order valence-corrected chi connectivity index (χ1v) is 5.79. The Morgan fingerprint density at radius 1 is 1.41 bits per heavy atom. The zero-order valence-electron chi connectivity index (χ0n) is 10.4. The smallest absolute Gasteiger partial charge is 0.317 e. The second-order valence-electron chi connectivity index (χ2n) is 3.68. The Labute approximate surface area is 102 Å². The maximum Gasteiger partial charge on any atom is 0.317 e. The maximum atomic E-state index is 11.7. The molecule has 0 saturated carbocycles. The largest absolute Gasteiger partial charge is 0.468 e. The summed E-state index contributed by atoms with van der Waals surface area (Å²) < 4.78 is 4.51. The number of Topliss-reactive ketones (excluding diaryl/α,β-unsaturated/α-hetero) is 1. The molecule has 0 fully saturated rings. The van der Waals surface area contributed by atoms with Crippen LogP contribution in [0.1, 0.15) is 39.0 Å². The molecule has 1 unspecified atom stereocenters. The van der Waals surface area contributed by atoms with Gasteiger partial charge in [-0.2, -0.15) is 5.26 Å². The Morgan fingerprint density at radius 3 is 2.65 bits per heavy atom. The number of hydrogen-bond acceptors (Lipinski definition) is 4. The Kier molecular flexibility index (Phi) is 8.67. The number of nitrogens with zero attached hydrogens (tertiary/aromatic N) is 1. The van der Waals surface area contributed by atoms with E-state index in [1.54, 1.807) is 0 Å². The monoisotopic (exact) mass is 237 g/mol. The SMILES string of the molecule is CC/C=C\CCCC(=O)C(CC#N)C(=O)OC. The summed E-state index contributed by atoms with van der Waals surface area (Å²) in [5.74, 6) is -1.73. The lowest BCUT2D eigenvalue weighted by Gasteiger charge is -2.09. The molecular formula is C13H19NO3. The molecule has 17 heavy (non-hydrogen) atoms.